The summed E-state index contributed by atoms with van der Waals surface area (Å²) in [4.78, 5) is 16.2. The molecule has 1 amide bonds. The highest BCUT2D eigenvalue weighted by Gasteiger charge is 2.10. The van der Waals surface area contributed by atoms with Crippen LogP contribution < -0.4 is 5.32 Å². The summed E-state index contributed by atoms with van der Waals surface area (Å²) in [6.45, 7) is 0. The van der Waals surface area contributed by atoms with Crippen molar-refractivity contribution in [2.24, 2.45) is 0 Å². The minimum atomic E-state index is -0.330. The van der Waals surface area contributed by atoms with Crippen LogP contribution in [-0.4, -0.2) is 16.0 Å². The molecule has 0 aliphatic rings. The summed E-state index contributed by atoms with van der Waals surface area (Å²) in [6.07, 6.45) is 1.28. The second-order valence-corrected chi connectivity index (χ2v) is 5.61. The number of nitrogens with one attached hydrogen (secondary N) is 1. The largest absolute Gasteiger partial charge is 0.339 e. The molecule has 6 nitrogen and oxygen atoms in total. The zero-order valence-corrected chi connectivity index (χ0v) is 13.8. The number of aryl methyl sites for hydroxylation is 1. The quantitative estimate of drug-likeness (QED) is 0.732. The fourth-order valence-corrected chi connectivity index (χ4v) is 2.36. The lowest BCUT2D eigenvalue weighted by Gasteiger charge is -2.04. The summed E-state index contributed by atoms with van der Waals surface area (Å²) < 4.78 is 18.1. The molecule has 1 aromatic heterocycles. The molecule has 0 bridgehead atoms. The van der Waals surface area contributed by atoms with Gasteiger partial charge in [-0.15, -0.1) is 0 Å². The minimum Gasteiger partial charge on any atom is -0.339 e. The zero-order chi connectivity index (χ0) is 18.4. The monoisotopic (exact) mass is 350 g/mol. The van der Waals surface area contributed by atoms with Gasteiger partial charge in [-0.3, -0.25) is 4.79 Å². The SMILES string of the molecule is N#Cc1cccc(NC(=O)CCCc2nc(-c3ccc(F)cc3)no2)c1. The number of nitriles is 1. The van der Waals surface area contributed by atoms with Crippen molar-refractivity contribution in [3.8, 4) is 17.5 Å². The number of hydrogen-bond donors (Lipinski definition) is 1. The van der Waals surface area contributed by atoms with Crippen molar-refractivity contribution < 1.29 is 13.7 Å². The van der Waals surface area contributed by atoms with Gasteiger partial charge < -0.3 is 9.84 Å². The fraction of sp³-hybridized carbons (Fsp3) is 0.158. The number of carbonyl (C=O) groups excluding carboxylic acids is 1. The highest BCUT2D eigenvalue weighted by atomic mass is 19.1. The van der Waals surface area contributed by atoms with Gasteiger partial charge >= 0.3 is 0 Å². The number of rotatable bonds is 6. The van der Waals surface area contributed by atoms with Gasteiger partial charge in [-0.25, -0.2) is 4.39 Å². The fourth-order valence-electron chi connectivity index (χ4n) is 2.36. The van der Waals surface area contributed by atoms with E-state index in [2.05, 4.69) is 15.5 Å². The summed E-state index contributed by atoms with van der Waals surface area (Å²) in [6, 6.07) is 14.6. The van der Waals surface area contributed by atoms with Crippen molar-refractivity contribution in [1.29, 1.82) is 5.26 Å². The maximum absolute atomic E-state index is 12.9. The summed E-state index contributed by atoms with van der Waals surface area (Å²) in [5.74, 6) is 0.323. The maximum Gasteiger partial charge on any atom is 0.226 e. The Kier molecular flexibility index (Phi) is 5.34. The molecule has 1 heterocycles. The van der Waals surface area contributed by atoms with Crippen LogP contribution in [-0.2, 0) is 11.2 Å². The van der Waals surface area contributed by atoms with Crippen LogP contribution >= 0.6 is 0 Å². The van der Waals surface area contributed by atoms with Crippen LogP contribution in [0.4, 0.5) is 10.1 Å². The minimum absolute atomic E-state index is 0.154. The van der Waals surface area contributed by atoms with Gasteiger partial charge in [0.15, 0.2) is 0 Å². The third-order valence-electron chi connectivity index (χ3n) is 3.64. The lowest BCUT2D eigenvalue weighted by atomic mass is 10.2. The van der Waals surface area contributed by atoms with E-state index >= 15 is 0 Å². The first-order chi connectivity index (χ1) is 12.6. The number of carbonyl (C=O) groups is 1. The smallest absolute Gasteiger partial charge is 0.226 e. The van der Waals surface area contributed by atoms with E-state index in [1.54, 1.807) is 36.4 Å². The van der Waals surface area contributed by atoms with Gasteiger partial charge in [-0.1, -0.05) is 11.2 Å². The third kappa shape index (κ3) is 4.51. The number of halogens is 1. The summed E-state index contributed by atoms with van der Waals surface area (Å²) in [5, 5.41) is 15.5. The molecule has 1 N–H and O–H groups in total. The predicted octanol–water partition coefficient (Wildman–Crippen LogP) is 3.71. The van der Waals surface area contributed by atoms with E-state index in [1.165, 1.54) is 12.1 Å². The van der Waals surface area contributed by atoms with Crippen LogP contribution in [0, 0.1) is 17.1 Å². The second kappa shape index (κ2) is 8.03. The lowest BCUT2D eigenvalue weighted by molar-refractivity contribution is -0.116. The Bertz CT molecular complexity index is 945. The molecule has 0 saturated carbocycles. The normalized spacial score (nSPS) is 10.3. The summed E-state index contributed by atoms with van der Waals surface area (Å²) >= 11 is 0. The molecule has 130 valence electrons. The number of hydrogen-bond acceptors (Lipinski definition) is 5. The van der Waals surface area contributed by atoms with E-state index in [4.69, 9.17) is 9.78 Å². The van der Waals surface area contributed by atoms with E-state index in [0.29, 0.717) is 41.4 Å². The van der Waals surface area contributed by atoms with Crippen molar-refractivity contribution in [2.75, 3.05) is 5.32 Å². The van der Waals surface area contributed by atoms with Crippen molar-refractivity contribution in [2.45, 2.75) is 19.3 Å². The number of anilines is 1. The molecule has 3 rings (SSSR count). The summed E-state index contributed by atoms with van der Waals surface area (Å²) in [7, 11) is 0. The Labute approximate surface area is 149 Å². The molecule has 26 heavy (non-hydrogen) atoms. The zero-order valence-electron chi connectivity index (χ0n) is 13.8. The highest BCUT2D eigenvalue weighted by Crippen LogP contribution is 2.17. The molecule has 0 aliphatic carbocycles. The number of aromatic nitrogens is 2. The van der Waals surface area contributed by atoms with Crippen LogP contribution in [0.15, 0.2) is 53.1 Å². The van der Waals surface area contributed by atoms with Gasteiger partial charge in [0.05, 0.1) is 11.6 Å². The van der Waals surface area contributed by atoms with Crippen LogP contribution in [0.1, 0.15) is 24.3 Å². The number of benzene rings is 2. The first-order valence-corrected chi connectivity index (χ1v) is 8.02. The molecule has 0 aliphatic heterocycles. The van der Waals surface area contributed by atoms with Crippen LogP contribution in [0.3, 0.4) is 0 Å². The molecular weight excluding hydrogens is 335 g/mol. The van der Waals surface area contributed by atoms with Gasteiger partial charge in [0.25, 0.3) is 0 Å². The van der Waals surface area contributed by atoms with Gasteiger partial charge in [0.1, 0.15) is 5.82 Å². The standard InChI is InChI=1S/C19H15FN4O2/c20-15-9-7-14(8-10-15)19-23-18(26-24-19)6-2-5-17(25)22-16-4-1-3-13(11-16)12-21/h1,3-4,7-11H,2,5-6H2,(H,22,25). The maximum atomic E-state index is 12.9. The lowest BCUT2D eigenvalue weighted by Crippen LogP contribution is -2.11. The van der Waals surface area contributed by atoms with Crippen LogP contribution in [0.5, 0.6) is 0 Å². The molecule has 0 saturated heterocycles. The number of amides is 1. The Morgan fingerprint density at radius 1 is 1.23 bits per heavy atom. The Morgan fingerprint density at radius 3 is 2.81 bits per heavy atom. The van der Waals surface area contributed by atoms with Gasteiger partial charge in [0.2, 0.25) is 17.6 Å². The van der Waals surface area contributed by atoms with E-state index in [1.807, 2.05) is 6.07 Å². The third-order valence-corrected chi connectivity index (χ3v) is 3.64. The average molecular weight is 350 g/mol. The Morgan fingerprint density at radius 2 is 2.04 bits per heavy atom. The van der Waals surface area contributed by atoms with Crippen molar-refractivity contribution in [3.63, 3.8) is 0 Å². The van der Waals surface area contributed by atoms with Crippen molar-refractivity contribution in [1.82, 2.24) is 10.1 Å². The van der Waals surface area contributed by atoms with E-state index in [0.717, 1.165) is 0 Å². The van der Waals surface area contributed by atoms with Gasteiger partial charge in [0, 0.05) is 24.1 Å². The van der Waals surface area contributed by atoms with E-state index < -0.39 is 0 Å². The Balaban J connectivity index is 1.49. The van der Waals surface area contributed by atoms with Crippen LogP contribution in [0.25, 0.3) is 11.4 Å². The Hall–Kier alpha value is -3.53. The molecule has 3 aromatic rings. The van der Waals surface area contributed by atoms with Gasteiger partial charge in [-0.2, -0.15) is 10.2 Å². The first kappa shape index (κ1) is 17.3. The summed E-state index contributed by atoms with van der Waals surface area (Å²) in [5.41, 5.74) is 1.74. The molecule has 0 fully saturated rings. The average Bonchev–Trinajstić information content (AvgIpc) is 3.11. The molecule has 0 unspecified atom stereocenters. The second-order valence-electron chi connectivity index (χ2n) is 5.61. The number of nitrogens with zero attached hydrogens (tertiary/aromatic N) is 3. The van der Waals surface area contributed by atoms with Gasteiger partial charge in [-0.05, 0) is 48.9 Å². The first-order valence-electron chi connectivity index (χ1n) is 8.02. The van der Waals surface area contributed by atoms with E-state index in [-0.39, 0.29) is 18.1 Å². The predicted molar refractivity (Wildman–Crippen MR) is 92.4 cm³/mol. The highest BCUT2D eigenvalue weighted by molar-refractivity contribution is 5.90. The molecule has 7 heteroatoms. The van der Waals surface area contributed by atoms with Crippen molar-refractivity contribution in [3.05, 3.63) is 65.8 Å². The molecule has 2 aromatic carbocycles. The molecule has 0 radical (unpaired) electrons. The molecule has 0 atom stereocenters. The molecule has 0 spiro atoms. The topological polar surface area (TPSA) is 91.8 Å². The van der Waals surface area contributed by atoms with Crippen LogP contribution in [0.2, 0.25) is 0 Å². The molecular formula is C19H15FN4O2. The van der Waals surface area contributed by atoms with Crippen molar-refractivity contribution >= 4 is 11.6 Å². The van der Waals surface area contributed by atoms with E-state index in [9.17, 15) is 9.18 Å².